The Hall–Kier alpha value is -1.40. The number of anilines is 2. The third-order valence-corrected chi connectivity index (χ3v) is 3.28. The Kier molecular flexibility index (Phi) is 5.00. The maximum Gasteiger partial charge on any atom is 0.158 e. The van der Waals surface area contributed by atoms with Crippen molar-refractivity contribution < 1.29 is 9.47 Å². The molecule has 6 heteroatoms. The number of ether oxygens (including phenoxy) is 2. The van der Waals surface area contributed by atoms with E-state index in [4.69, 9.17) is 9.47 Å². The van der Waals surface area contributed by atoms with E-state index in [9.17, 15) is 0 Å². The molecular weight excluding hydrogens is 268 g/mol. The fraction of sp³-hybridized carbons (Fsp3) is 0.733. The van der Waals surface area contributed by atoms with Crippen LogP contribution in [-0.4, -0.2) is 48.4 Å². The summed E-state index contributed by atoms with van der Waals surface area (Å²) >= 11 is 0. The molecular formula is C15H26N4O2. The smallest absolute Gasteiger partial charge is 0.158 e. The molecule has 118 valence electrons. The van der Waals surface area contributed by atoms with Crippen molar-refractivity contribution in [2.75, 3.05) is 37.0 Å². The predicted octanol–water partition coefficient (Wildman–Crippen LogP) is 2.06. The van der Waals surface area contributed by atoms with E-state index in [1.807, 2.05) is 6.07 Å². The lowest BCUT2D eigenvalue weighted by atomic mass is 10.1. The van der Waals surface area contributed by atoms with Crippen LogP contribution in [0, 0.1) is 0 Å². The van der Waals surface area contributed by atoms with Gasteiger partial charge < -0.3 is 19.7 Å². The highest BCUT2D eigenvalue weighted by Crippen LogP contribution is 2.26. The quantitative estimate of drug-likeness (QED) is 0.897. The maximum absolute atomic E-state index is 5.96. The van der Waals surface area contributed by atoms with Crippen LogP contribution in [0.1, 0.15) is 33.5 Å². The second kappa shape index (κ2) is 6.58. The first-order valence-corrected chi connectivity index (χ1v) is 7.47. The lowest BCUT2D eigenvalue weighted by molar-refractivity contribution is -0.0751. The third kappa shape index (κ3) is 4.28. The molecule has 0 amide bonds. The number of aromatic nitrogens is 2. The minimum absolute atomic E-state index is 0.178. The van der Waals surface area contributed by atoms with Crippen LogP contribution < -0.4 is 10.2 Å². The van der Waals surface area contributed by atoms with Gasteiger partial charge in [0.25, 0.3) is 0 Å². The van der Waals surface area contributed by atoms with Gasteiger partial charge in [-0.3, -0.25) is 0 Å². The average molecular weight is 294 g/mol. The zero-order chi connectivity index (χ0) is 15.5. The highest BCUT2D eigenvalue weighted by atomic mass is 16.5. The molecule has 2 heterocycles. The van der Waals surface area contributed by atoms with E-state index in [-0.39, 0.29) is 11.7 Å². The monoisotopic (exact) mass is 294 g/mol. The van der Waals surface area contributed by atoms with Gasteiger partial charge >= 0.3 is 0 Å². The summed E-state index contributed by atoms with van der Waals surface area (Å²) in [6.07, 6.45) is 0.178. The summed E-state index contributed by atoms with van der Waals surface area (Å²) in [4.78, 5) is 11.3. The van der Waals surface area contributed by atoms with Crippen LogP contribution >= 0.6 is 0 Å². The molecule has 1 aliphatic heterocycles. The van der Waals surface area contributed by atoms with Gasteiger partial charge in [-0.05, 0) is 27.7 Å². The second-order valence-electron chi connectivity index (χ2n) is 6.06. The van der Waals surface area contributed by atoms with Gasteiger partial charge in [-0.1, -0.05) is 0 Å². The minimum atomic E-state index is -0.178. The maximum atomic E-state index is 5.96. The molecule has 1 saturated heterocycles. The van der Waals surface area contributed by atoms with Crippen LogP contribution in [0.3, 0.4) is 0 Å². The van der Waals surface area contributed by atoms with Gasteiger partial charge in [0.05, 0.1) is 11.7 Å². The molecule has 1 aromatic heterocycles. The number of methoxy groups -OCH3 is 1. The Labute approximate surface area is 126 Å². The number of nitrogens with zero attached hydrogens (tertiary/aromatic N) is 3. The topological polar surface area (TPSA) is 59.5 Å². The van der Waals surface area contributed by atoms with E-state index in [2.05, 4.69) is 47.9 Å². The van der Waals surface area contributed by atoms with E-state index in [1.54, 1.807) is 7.11 Å². The molecule has 2 rings (SSSR count). The lowest BCUT2D eigenvalue weighted by Crippen LogP contribution is -2.52. The largest absolute Gasteiger partial charge is 0.377 e. The van der Waals surface area contributed by atoms with Crippen molar-refractivity contribution in [1.29, 1.82) is 0 Å². The Bertz CT molecular complexity index is 454. The fourth-order valence-corrected chi connectivity index (χ4v) is 2.74. The molecule has 1 aromatic rings. The SMILES string of the molecule is CCNc1cc(N2CC(C)OC(C)(C)C2)nc(COC)n1. The van der Waals surface area contributed by atoms with Gasteiger partial charge in [0, 0.05) is 32.8 Å². The molecule has 1 aliphatic rings. The van der Waals surface area contributed by atoms with Crippen molar-refractivity contribution in [2.24, 2.45) is 0 Å². The van der Waals surface area contributed by atoms with Crippen molar-refractivity contribution in [3.63, 3.8) is 0 Å². The van der Waals surface area contributed by atoms with Gasteiger partial charge in [0.1, 0.15) is 18.2 Å². The number of hydrogen-bond donors (Lipinski definition) is 1. The van der Waals surface area contributed by atoms with E-state index in [0.29, 0.717) is 12.4 Å². The first-order valence-electron chi connectivity index (χ1n) is 7.47. The van der Waals surface area contributed by atoms with Gasteiger partial charge in [0.2, 0.25) is 0 Å². The standard InChI is InChI=1S/C15H26N4O2/c1-6-16-12-7-14(18-13(17-12)9-20-5)19-8-11(2)21-15(3,4)10-19/h7,11H,6,8-10H2,1-5H3,(H,16,17,18). The highest BCUT2D eigenvalue weighted by Gasteiger charge is 2.32. The number of morpholine rings is 1. The van der Waals surface area contributed by atoms with Gasteiger partial charge in [0.15, 0.2) is 5.82 Å². The molecule has 1 atom stereocenters. The molecule has 0 spiro atoms. The molecule has 6 nitrogen and oxygen atoms in total. The molecule has 1 fully saturated rings. The summed E-state index contributed by atoms with van der Waals surface area (Å²) in [5, 5.41) is 3.25. The first kappa shape index (κ1) is 16.0. The Morgan fingerprint density at radius 2 is 2.24 bits per heavy atom. The van der Waals surface area contributed by atoms with Crippen molar-refractivity contribution >= 4 is 11.6 Å². The van der Waals surface area contributed by atoms with E-state index >= 15 is 0 Å². The van der Waals surface area contributed by atoms with Crippen LogP contribution in [0.5, 0.6) is 0 Å². The Morgan fingerprint density at radius 1 is 1.48 bits per heavy atom. The summed E-state index contributed by atoms with van der Waals surface area (Å²) in [5.41, 5.74) is -0.178. The first-order chi connectivity index (χ1) is 9.93. The Balaban J connectivity index is 2.28. The molecule has 1 unspecified atom stereocenters. The lowest BCUT2D eigenvalue weighted by Gasteiger charge is -2.42. The third-order valence-electron chi connectivity index (χ3n) is 3.28. The van der Waals surface area contributed by atoms with Crippen LogP contribution in [0.15, 0.2) is 6.07 Å². The summed E-state index contributed by atoms with van der Waals surface area (Å²) in [7, 11) is 1.66. The second-order valence-corrected chi connectivity index (χ2v) is 6.06. The van der Waals surface area contributed by atoms with Gasteiger partial charge in [-0.15, -0.1) is 0 Å². The number of hydrogen-bond acceptors (Lipinski definition) is 6. The van der Waals surface area contributed by atoms with Crippen LogP contribution in [0.4, 0.5) is 11.6 Å². The van der Waals surface area contributed by atoms with Crippen molar-refractivity contribution in [3.8, 4) is 0 Å². The molecule has 0 bridgehead atoms. The summed E-state index contributed by atoms with van der Waals surface area (Å²) in [6, 6.07) is 2.00. The summed E-state index contributed by atoms with van der Waals surface area (Å²) in [6.45, 7) is 11.2. The molecule has 0 radical (unpaired) electrons. The zero-order valence-corrected chi connectivity index (χ0v) is 13.6. The normalized spacial score (nSPS) is 21.4. The minimum Gasteiger partial charge on any atom is -0.377 e. The Morgan fingerprint density at radius 3 is 2.86 bits per heavy atom. The van der Waals surface area contributed by atoms with Crippen molar-refractivity contribution in [3.05, 3.63) is 11.9 Å². The van der Waals surface area contributed by atoms with Crippen LogP contribution in [0.25, 0.3) is 0 Å². The predicted molar refractivity (Wildman–Crippen MR) is 83.7 cm³/mol. The zero-order valence-electron chi connectivity index (χ0n) is 13.6. The molecule has 0 saturated carbocycles. The fourth-order valence-electron chi connectivity index (χ4n) is 2.74. The molecule has 0 aromatic carbocycles. The van der Waals surface area contributed by atoms with Gasteiger partial charge in [-0.2, -0.15) is 0 Å². The van der Waals surface area contributed by atoms with Crippen molar-refractivity contribution in [2.45, 2.75) is 46.0 Å². The molecule has 0 aliphatic carbocycles. The summed E-state index contributed by atoms with van der Waals surface area (Å²) in [5.74, 6) is 2.46. The average Bonchev–Trinajstić information content (AvgIpc) is 2.37. The molecule has 1 N–H and O–H groups in total. The summed E-state index contributed by atoms with van der Waals surface area (Å²) < 4.78 is 11.1. The highest BCUT2D eigenvalue weighted by molar-refractivity contribution is 5.50. The van der Waals surface area contributed by atoms with E-state index in [0.717, 1.165) is 31.3 Å². The molecule has 21 heavy (non-hydrogen) atoms. The van der Waals surface area contributed by atoms with E-state index < -0.39 is 0 Å². The van der Waals surface area contributed by atoms with Crippen LogP contribution in [-0.2, 0) is 16.1 Å². The van der Waals surface area contributed by atoms with Crippen molar-refractivity contribution in [1.82, 2.24) is 9.97 Å². The van der Waals surface area contributed by atoms with Crippen LogP contribution in [0.2, 0.25) is 0 Å². The van der Waals surface area contributed by atoms with Gasteiger partial charge in [-0.25, -0.2) is 9.97 Å². The number of nitrogens with one attached hydrogen (secondary N) is 1. The number of rotatable bonds is 5. The van der Waals surface area contributed by atoms with E-state index in [1.165, 1.54) is 0 Å².